The number of amides is 4. The van der Waals surface area contributed by atoms with E-state index in [0.29, 0.717) is 37.7 Å². The summed E-state index contributed by atoms with van der Waals surface area (Å²) in [6.45, 7) is 10.7. The van der Waals surface area contributed by atoms with Gasteiger partial charge in [0.25, 0.3) is 0 Å². The van der Waals surface area contributed by atoms with Crippen LogP contribution in [0.4, 0.5) is 21.0 Å². The number of aryl methyl sites for hydroxylation is 1. The first-order valence-electron chi connectivity index (χ1n) is 10.4. The smallest absolute Gasteiger partial charge is 0.319 e. The molecule has 1 aromatic carbocycles. The van der Waals surface area contributed by atoms with Crippen molar-refractivity contribution in [1.29, 1.82) is 0 Å². The van der Waals surface area contributed by atoms with Gasteiger partial charge in [-0.25, -0.2) is 9.59 Å². The van der Waals surface area contributed by atoms with E-state index in [2.05, 4.69) is 21.3 Å². The number of anilines is 2. The molecule has 10 nitrogen and oxygen atoms in total. The zero-order valence-electron chi connectivity index (χ0n) is 18.7. The second-order valence-electron chi connectivity index (χ2n) is 8.60. The van der Waals surface area contributed by atoms with Gasteiger partial charge >= 0.3 is 12.1 Å². The van der Waals surface area contributed by atoms with Crippen LogP contribution in [-0.4, -0.2) is 62.1 Å². The second kappa shape index (κ2) is 9.39. The SMILES string of the molecule is Cc1ccc(NC(=O)NC[C@H]2COC(C)(C)O2)cc1NC(=O)NC[C@H]1COC(C)(C)O1. The van der Waals surface area contributed by atoms with E-state index in [1.165, 1.54) is 0 Å². The van der Waals surface area contributed by atoms with Gasteiger partial charge in [0.2, 0.25) is 0 Å². The monoisotopic (exact) mass is 436 g/mol. The molecule has 4 amide bonds. The van der Waals surface area contributed by atoms with Crippen LogP contribution in [0.3, 0.4) is 0 Å². The van der Waals surface area contributed by atoms with Gasteiger partial charge in [-0.1, -0.05) is 6.07 Å². The molecule has 2 aliphatic heterocycles. The molecule has 2 fully saturated rings. The Kier molecular flexibility index (Phi) is 7.05. The number of rotatable bonds is 6. The number of carbonyl (C=O) groups excluding carboxylic acids is 2. The van der Waals surface area contributed by atoms with Crippen LogP contribution in [0.2, 0.25) is 0 Å². The molecule has 172 valence electrons. The Morgan fingerprint density at radius 1 is 0.903 bits per heavy atom. The van der Waals surface area contributed by atoms with Crippen molar-refractivity contribution in [1.82, 2.24) is 10.6 Å². The molecule has 3 rings (SSSR count). The highest BCUT2D eigenvalue weighted by Gasteiger charge is 2.33. The van der Waals surface area contributed by atoms with E-state index in [0.717, 1.165) is 5.56 Å². The molecule has 0 spiro atoms. The first-order chi connectivity index (χ1) is 14.5. The molecule has 2 heterocycles. The predicted molar refractivity (Wildman–Crippen MR) is 115 cm³/mol. The molecule has 4 N–H and O–H groups in total. The summed E-state index contributed by atoms with van der Waals surface area (Å²) in [5.41, 5.74) is 2.01. The topological polar surface area (TPSA) is 119 Å². The summed E-state index contributed by atoms with van der Waals surface area (Å²) in [4.78, 5) is 24.5. The summed E-state index contributed by atoms with van der Waals surface area (Å²) < 4.78 is 22.3. The van der Waals surface area contributed by atoms with Gasteiger partial charge in [-0.2, -0.15) is 0 Å². The molecule has 0 unspecified atom stereocenters. The lowest BCUT2D eigenvalue weighted by molar-refractivity contribution is -0.138. The van der Waals surface area contributed by atoms with E-state index in [1.54, 1.807) is 12.1 Å². The van der Waals surface area contributed by atoms with E-state index in [-0.39, 0.29) is 24.3 Å². The van der Waals surface area contributed by atoms with Crippen LogP contribution < -0.4 is 21.3 Å². The van der Waals surface area contributed by atoms with Gasteiger partial charge in [-0.3, -0.25) is 0 Å². The molecule has 2 atom stereocenters. The Balaban J connectivity index is 1.45. The van der Waals surface area contributed by atoms with Gasteiger partial charge in [0.15, 0.2) is 11.6 Å². The van der Waals surface area contributed by atoms with Gasteiger partial charge < -0.3 is 40.2 Å². The fourth-order valence-corrected chi connectivity index (χ4v) is 3.32. The van der Waals surface area contributed by atoms with Crippen LogP contribution >= 0.6 is 0 Å². The lowest BCUT2D eigenvalue weighted by Gasteiger charge is -2.18. The molecule has 31 heavy (non-hydrogen) atoms. The number of ether oxygens (including phenoxy) is 4. The summed E-state index contributed by atoms with van der Waals surface area (Å²) in [5, 5.41) is 11.1. The third-order valence-electron chi connectivity index (χ3n) is 4.86. The molecule has 0 radical (unpaired) electrons. The van der Waals surface area contributed by atoms with Crippen molar-refractivity contribution in [2.24, 2.45) is 0 Å². The molecule has 2 saturated heterocycles. The summed E-state index contributed by atoms with van der Waals surface area (Å²) in [5.74, 6) is -1.26. The lowest BCUT2D eigenvalue weighted by Crippen LogP contribution is -2.37. The van der Waals surface area contributed by atoms with Crippen LogP contribution in [0, 0.1) is 6.92 Å². The Morgan fingerprint density at radius 2 is 1.42 bits per heavy atom. The Morgan fingerprint density at radius 3 is 1.90 bits per heavy atom. The quantitative estimate of drug-likeness (QED) is 0.544. The molecular formula is C21H32N4O6. The van der Waals surface area contributed by atoms with E-state index in [1.807, 2.05) is 40.7 Å². The number of carbonyl (C=O) groups is 2. The van der Waals surface area contributed by atoms with Gasteiger partial charge in [-0.05, 0) is 52.3 Å². The summed E-state index contributed by atoms with van der Waals surface area (Å²) in [6, 6.07) is 4.55. The molecule has 0 saturated carbocycles. The van der Waals surface area contributed by atoms with Crippen molar-refractivity contribution in [3.05, 3.63) is 23.8 Å². The number of hydrogen-bond donors (Lipinski definition) is 4. The van der Waals surface area contributed by atoms with Gasteiger partial charge in [0, 0.05) is 24.5 Å². The summed E-state index contributed by atoms with van der Waals surface area (Å²) in [7, 11) is 0. The Bertz CT molecular complexity index is 813. The van der Waals surface area contributed by atoms with Crippen LogP contribution in [-0.2, 0) is 18.9 Å². The third-order valence-corrected chi connectivity index (χ3v) is 4.86. The average molecular weight is 437 g/mol. The number of urea groups is 2. The third kappa shape index (κ3) is 7.06. The highest BCUT2D eigenvalue weighted by Crippen LogP contribution is 2.23. The minimum atomic E-state index is -0.632. The minimum absolute atomic E-state index is 0.195. The Hall–Kier alpha value is -2.40. The number of hydrogen-bond acceptors (Lipinski definition) is 6. The van der Waals surface area contributed by atoms with Crippen molar-refractivity contribution in [2.45, 2.75) is 58.4 Å². The fourth-order valence-electron chi connectivity index (χ4n) is 3.32. The zero-order valence-corrected chi connectivity index (χ0v) is 18.7. The molecule has 10 heteroatoms. The van der Waals surface area contributed by atoms with Crippen LogP contribution in [0.5, 0.6) is 0 Å². The van der Waals surface area contributed by atoms with E-state index >= 15 is 0 Å². The number of benzene rings is 1. The van der Waals surface area contributed by atoms with Crippen LogP contribution in [0.25, 0.3) is 0 Å². The highest BCUT2D eigenvalue weighted by atomic mass is 16.7. The maximum Gasteiger partial charge on any atom is 0.319 e. The van der Waals surface area contributed by atoms with E-state index < -0.39 is 11.6 Å². The minimum Gasteiger partial charge on any atom is -0.348 e. The van der Waals surface area contributed by atoms with Gasteiger partial charge in [0.05, 0.1) is 13.2 Å². The first-order valence-corrected chi connectivity index (χ1v) is 10.4. The molecule has 2 aliphatic rings. The maximum absolute atomic E-state index is 12.3. The normalized spacial score (nSPS) is 23.9. The molecule has 0 bridgehead atoms. The molecule has 0 aliphatic carbocycles. The van der Waals surface area contributed by atoms with Gasteiger partial charge in [0.1, 0.15) is 12.2 Å². The van der Waals surface area contributed by atoms with Crippen LogP contribution in [0.15, 0.2) is 18.2 Å². The predicted octanol–water partition coefficient (Wildman–Crippen LogP) is 2.54. The molecule has 0 aromatic heterocycles. The first kappa shape index (κ1) is 23.3. The molecular weight excluding hydrogens is 404 g/mol. The standard InChI is InChI=1S/C21H32N4O6/c1-13-6-7-14(24-18(26)22-9-15-11-28-20(2,3)30-15)8-17(13)25-19(27)23-10-16-12-29-21(4,5)31-16/h6-8,15-16H,9-12H2,1-5H3,(H2,22,24,26)(H2,23,25,27)/t15-,16-/m0/s1. The van der Waals surface area contributed by atoms with Gasteiger partial charge in [-0.15, -0.1) is 0 Å². The van der Waals surface area contributed by atoms with Crippen molar-refractivity contribution in [2.75, 3.05) is 36.9 Å². The average Bonchev–Trinajstić information content (AvgIpc) is 3.21. The summed E-state index contributed by atoms with van der Waals surface area (Å²) >= 11 is 0. The lowest BCUT2D eigenvalue weighted by atomic mass is 10.2. The highest BCUT2D eigenvalue weighted by molar-refractivity contribution is 5.93. The fraction of sp³-hybridized carbons (Fsp3) is 0.619. The maximum atomic E-state index is 12.3. The van der Waals surface area contributed by atoms with Crippen molar-refractivity contribution in [3.63, 3.8) is 0 Å². The van der Waals surface area contributed by atoms with Crippen LogP contribution in [0.1, 0.15) is 33.3 Å². The van der Waals surface area contributed by atoms with E-state index in [9.17, 15) is 9.59 Å². The second-order valence-corrected chi connectivity index (χ2v) is 8.60. The summed E-state index contributed by atoms with van der Waals surface area (Å²) in [6.07, 6.45) is -0.391. The largest absolute Gasteiger partial charge is 0.348 e. The van der Waals surface area contributed by atoms with Crippen molar-refractivity contribution >= 4 is 23.4 Å². The number of nitrogens with one attached hydrogen (secondary N) is 4. The van der Waals surface area contributed by atoms with Crippen molar-refractivity contribution < 1.29 is 28.5 Å². The van der Waals surface area contributed by atoms with Crippen molar-refractivity contribution in [3.8, 4) is 0 Å². The Labute approximate surface area is 182 Å². The molecule has 1 aromatic rings. The van der Waals surface area contributed by atoms with E-state index in [4.69, 9.17) is 18.9 Å². The zero-order chi connectivity index (χ0) is 22.6.